The van der Waals surface area contributed by atoms with Crippen LogP contribution in [0.5, 0.6) is 0 Å². The van der Waals surface area contributed by atoms with Gasteiger partial charge in [0.1, 0.15) is 10.5 Å². The number of aromatic nitrogens is 1. The zero-order valence-electron chi connectivity index (χ0n) is 8.37. The number of fused-ring (bicyclic) bond motifs is 1. The van der Waals surface area contributed by atoms with Crippen molar-refractivity contribution in [3.05, 3.63) is 28.4 Å². The number of rotatable bonds is 1. The van der Waals surface area contributed by atoms with Crippen LogP contribution in [0.15, 0.2) is 17.6 Å². The molecule has 2 aromatic heterocycles. The maximum absolute atomic E-state index is 11.1. The molecule has 0 aliphatic carbocycles. The molecule has 0 fully saturated rings. The van der Waals surface area contributed by atoms with Gasteiger partial charge in [-0.05, 0) is 6.07 Å². The zero-order chi connectivity index (χ0) is 10.7. The Balaban J connectivity index is 0.000000461. The molecule has 14 heavy (non-hydrogen) atoms. The highest BCUT2D eigenvalue weighted by Gasteiger charge is 2.12. The van der Waals surface area contributed by atoms with Gasteiger partial charge in [0, 0.05) is 18.5 Å². The molecule has 0 aliphatic heterocycles. The molecule has 2 rings (SSSR count). The summed E-state index contributed by atoms with van der Waals surface area (Å²) in [6.45, 7) is 5.52. The fourth-order valence-electron chi connectivity index (χ4n) is 1.21. The number of ketones is 1. The predicted molar refractivity (Wildman–Crippen MR) is 61.6 cm³/mol. The summed E-state index contributed by atoms with van der Waals surface area (Å²) in [6.07, 6.45) is 1.85. The maximum atomic E-state index is 11.1. The second-order valence-corrected chi connectivity index (χ2v) is 3.84. The van der Waals surface area contributed by atoms with Gasteiger partial charge >= 0.3 is 0 Å². The molecule has 0 amide bonds. The molecule has 0 bridgehead atoms. The van der Waals surface area contributed by atoms with Crippen molar-refractivity contribution in [2.24, 2.45) is 0 Å². The van der Waals surface area contributed by atoms with Crippen LogP contribution in [0, 0.1) is 0 Å². The molecule has 0 N–H and O–H groups in total. The van der Waals surface area contributed by atoms with E-state index in [-0.39, 0.29) is 5.78 Å². The van der Waals surface area contributed by atoms with Gasteiger partial charge in [0.05, 0.1) is 5.02 Å². The van der Waals surface area contributed by atoms with Crippen molar-refractivity contribution in [3.63, 3.8) is 0 Å². The number of carbonyl (C=O) groups excluding carboxylic acids is 1. The van der Waals surface area contributed by atoms with Crippen molar-refractivity contribution in [3.8, 4) is 0 Å². The minimum Gasteiger partial charge on any atom is -0.303 e. The SMILES string of the molecule is CC.CC(=O)c1c(Cl)cc2sccn12. The monoisotopic (exact) mass is 229 g/mol. The van der Waals surface area contributed by atoms with Crippen LogP contribution in [0.25, 0.3) is 4.83 Å². The molecule has 0 unspecified atom stereocenters. The van der Waals surface area contributed by atoms with Crippen LogP contribution in [0.2, 0.25) is 5.02 Å². The second kappa shape index (κ2) is 4.62. The second-order valence-electron chi connectivity index (χ2n) is 2.51. The Morgan fingerprint density at radius 2 is 2.14 bits per heavy atom. The number of halogens is 1. The molecule has 0 radical (unpaired) electrons. The molecule has 76 valence electrons. The summed E-state index contributed by atoms with van der Waals surface area (Å²) in [6, 6.07) is 1.81. The number of Topliss-reactive ketones (excluding diaryl/α,β-unsaturated/α-hetero) is 1. The molecule has 0 aromatic carbocycles. The number of hydrogen-bond acceptors (Lipinski definition) is 2. The minimum atomic E-state index is -0.00148. The maximum Gasteiger partial charge on any atom is 0.178 e. The fraction of sp³-hybridized carbons (Fsp3) is 0.300. The Morgan fingerprint density at radius 3 is 2.71 bits per heavy atom. The summed E-state index contributed by atoms with van der Waals surface area (Å²) in [5.74, 6) is -0.00148. The molecule has 4 heteroatoms. The highest BCUT2D eigenvalue weighted by atomic mass is 35.5. The molecule has 2 nitrogen and oxygen atoms in total. The molecule has 0 saturated heterocycles. The van der Waals surface area contributed by atoms with Crippen molar-refractivity contribution in [2.75, 3.05) is 0 Å². The van der Waals surface area contributed by atoms with Gasteiger partial charge < -0.3 is 4.40 Å². The first kappa shape index (κ1) is 11.3. The van der Waals surface area contributed by atoms with Crippen LogP contribution < -0.4 is 0 Å². The Labute approximate surface area is 92.1 Å². The van der Waals surface area contributed by atoms with Crippen LogP contribution in [0.4, 0.5) is 0 Å². The van der Waals surface area contributed by atoms with E-state index in [0.717, 1.165) is 4.83 Å². The lowest BCUT2D eigenvalue weighted by molar-refractivity contribution is 0.101. The predicted octanol–water partition coefficient (Wildman–Crippen LogP) is 3.88. The quantitative estimate of drug-likeness (QED) is 0.680. The van der Waals surface area contributed by atoms with Crippen LogP contribution in [0.1, 0.15) is 31.3 Å². The molecule has 0 saturated carbocycles. The van der Waals surface area contributed by atoms with Crippen molar-refractivity contribution in [1.82, 2.24) is 4.40 Å². The lowest BCUT2D eigenvalue weighted by Crippen LogP contribution is -1.96. The summed E-state index contributed by atoms with van der Waals surface area (Å²) in [4.78, 5) is 12.1. The van der Waals surface area contributed by atoms with Crippen LogP contribution in [-0.4, -0.2) is 10.2 Å². The Hall–Kier alpha value is -0.800. The van der Waals surface area contributed by atoms with E-state index in [1.54, 1.807) is 11.3 Å². The Bertz CT molecular complexity index is 444. The topological polar surface area (TPSA) is 21.5 Å². The van der Waals surface area contributed by atoms with Crippen LogP contribution in [0.3, 0.4) is 0 Å². The van der Waals surface area contributed by atoms with E-state index in [1.807, 2.05) is 35.9 Å². The zero-order valence-corrected chi connectivity index (χ0v) is 9.95. The summed E-state index contributed by atoms with van der Waals surface area (Å²) in [5.41, 5.74) is 0.577. The lowest BCUT2D eigenvalue weighted by atomic mass is 10.3. The molecular weight excluding hydrogens is 218 g/mol. The highest BCUT2D eigenvalue weighted by molar-refractivity contribution is 7.15. The van der Waals surface area contributed by atoms with Crippen molar-refractivity contribution in [2.45, 2.75) is 20.8 Å². The number of nitrogens with zero attached hydrogens (tertiary/aromatic N) is 1. The van der Waals surface area contributed by atoms with E-state index in [2.05, 4.69) is 0 Å². The summed E-state index contributed by atoms with van der Waals surface area (Å²) in [5, 5.41) is 2.47. The third-order valence-electron chi connectivity index (χ3n) is 1.69. The third-order valence-corrected chi connectivity index (χ3v) is 2.79. The summed E-state index contributed by atoms with van der Waals surface area (Å²) >= 11 is 7.43. The van der Waals surface area contributed by atoms with Gasteiger partial charge in [0.15, 0.2) is 5.78 Å². The minimum absolute atomic E-state index is 0.00148. The Kier molecular flexibility index (Phi) is 3.72. The van der Waals surface area contributed by atoms with E-state index in [0.29, 0.717) is 10.7 Å². The van der Waals surface area contributed by atoms with E-state index in [4.69, 9.17) is 11.6 Å². The molecule has 0 atom stereocenters. The lowest BCUT2D eigenvalue weighted by Gasteiger charge is -1.92. The van der Waals surface area contributed by atoms with Crippen LogP contribution >= 0.6 is 22.9 Å². The van der Waals surface area contributed by atoms with Crippen molar-refractivity contribution < 1.29 is 4.79 Å². The van der Waals surface area contributed by atoms with Crippen LogP contribution in [-0.2, 0) is 0 Å². The van der Waals surface area contributed by atoms with Gasteiger partial charge in [-0.15, -0.1) is 11.3 Å². The largest absolute Gasteiger partial charge is 0.303 e. The average Bonchev–Trinajstić information content (AvgIpc) is 2.66. The van der Waals surface area contributed by atoms with Gasteiger partial charge in [-0.3, -0.25) is 4.79 Å². The molecular formula is C10H12ClNOS. The number of carbonyl (C=O) groups is 1. The van der Waals surface area contributed by atoms with Gasteiger partial charge in [-0.1, -0.05) is 25.4 Å². The number of thiazole rings is 1. The smallest absolute Gasteiger partial charge is 0.178 e. The van der Waals surface area contributed by atoms with Gasteiger partial charge in [0.2, 0.25) is 0 Å². The average molecular weight is 230 g/mol. The first-order valence-corrected chi connectivity index (χ1v) is 5.71. The molecule has 2 aromatic rings. The van der Waals surface area contributed by atoms with Gasteiger partial charge in [-0.2, -0.15) is 0 Å². The molecule has 2 heterocycles. The van der Waals surface area contributed by atoms with E-state index in [1.165, 1.54) is 6.92 Å². The molecule has 0 spiro atoms. The van der Waals surface area contributed by atoms with E-state index >= 15 is 0 Å². The number of hydrogen-bond donors (Lipinski definition) is 0. The summed E-state index contributed by atoms with van der Waals surface area (Å²) in [7, 11) is 0. The molecule has 0 aliphatic rings. The normalized spacial score (nSPS) is 9.71. The third kappa shape index (κ3) is 1.83. The van der Waals surface area contributed by atoms with Gasteiger partial charge in [0.25, 0.3) is 0 Å². The van der Waals surface area contributed by atoms with Crippen molar-refractivity contribution in [1.29, 1.82) is 0 Å². The summed E-state index contributed by atoms with van der Waals surface area (Å²) < 4.78 is 1.81. The highest BCUT2D eigenvalue weighted by Crippen LogP contribution is 2.25. The Morgan fingerprint density at radius 1 is 1.50 bits per heavy atom. The van der Waals surface area contributed by atoms with Gasteiger partial charge in [-0.25, -0.2) is 0 Å². The standard InChI is InChI=1S/C8H6ClNOS.C2H6/c1-5(11)8-6(9)4-7-10(8)2-3-12-7;1-2/h2-4H,1H3;1-2H3. The fourth-order valence-corrected chi connectivity index (χ4v) is 2.37. The van der Waals surface area contributed by atoms with E-state index in [9.17, 15) is 4.79 Å². The first-order valence-electron chi connectivity index (χ1n) is 4.45. The first-order chi connectivity index (χ1) is 6.70. The van der Waals surface area contributed by atoms with Crippen molar-refractivity contribution >= 4 is 33.6 Å². The van der Waals surface area contributed by atoms with E-state index < -0.39 is 0 Å².